The summed E-state index contributed by atoms with van der Waals surface area (Å²) in [5.41, 5.74) is -0.575. The third-order valence-electron chi connectivity index (χ3n) is 1.65. The van der Waals surface area contributed by atoms with Crippen LogP contribution in [0.1, 0.15) is 20.8 Å². The average molecular weight is 213 g/mol. The van der Waals surface area contributed by atoms with E-state index in [0.717, 1.165) is 0 Å². The molecule has 1 atom stereocenters. The van der Waals surface area contributed by atoms with Crippen molar-refractivity contribution in [3.8, 4) is 0 Å². The first-order chi connectivity index (χ1) is 6.79. The molecule has 0 bridgehead atoms. The molecule has 1 aliphatic rings. The summed E-state index contributed by atoms with van der Waals surface area (Å²) in [4.78, 5) is 22.6. The topological polar surface area (TPSA) is 71.0 Å². The zero-order chi connectivity index (χ0) is 11.6. The van der Waals surface area contributed by atoms with Crippen molar-refractivity contribution < 1.29 is 14.3 Å². The number of nitrogens with zero attached hydrogens (tertiary/aromatic N) is 2. The number of hydrogen-bond acceptors (Lipinski definition) is 4. The molecule has 15 heavy (non-hydrogen) atoms. The lowest BCUT2D eigenvalue weighted by molar-refractivity contribution is -0.129. The highest BCUT2D eigenvalue weighted by Crippen LogP contribution is 2.07. The average Bonchev–Trinajstić information content (AvgIpc) is 2.32. The lowest BCUT2D eigenvalue weighted by atomic mass is 10.2. The summed E-state index contributed by atoms with van der Waals surface area (Å²) in [6, 6.07) is -0.718. The van der Waals surface area contributed by atoms with E-state index in [0.29, 0.717) is 0 Å². The number of carbonyl (C=O) groups excluding carboxylic acids is 2. The highest BCUT2D eigenvalue weighted by atomic mass is 16.6. The van der Waals surface area contributed by atoms with Crippen LogP contribution >= 0.6 is 0 Å². The van der Waals surface area contributed by atoms with E-state index in [-0.39, 0.29) is 5.91 Å². The van der Waals surface area contributed by atoms with Crippen LogP contribution < -0.4 is 5.32 Å². The highest BCUT2D eigenvalue weighted by molar-refractivity contribution is 6.03. The van der Waals surface area contributed by atoms with Gasteiger partial charge in [0, 0.05) is 7.05 Å². The van der Waals surface area contributed by atoms with E-state index in [9.17, 15) is 9.59 Å². The summed E-state index contributed by atoms with van der Waals surface area (Å²) >= 11 is 0. The maximum absolute atomic E-state index is 11.3. The van der Waals surface area contributed by atoms with Crippen molar-refractivity contribution in [1.29, 1.82) is 0 Å². The van der Waals surface area contributed by atoms with E-state index in [1.54, 1.807) is 20.8 Å². The molecule has 0 aromatic rings. The fourth-order valence-electron chi connectivity index (χ4n) is 1.02. The SMILES string of the molecule is CN1N=CC(NC(=O)OC(C)(C)C)C1=O. The minimum absolute atomic E-state index is 0.277. The molecule has 1 unspecified atom stereocenters. The van der Waals surface area contributed by atoms with Gasteiger partial charge in [0.05, 0.1) is 6.21 Å². The fourth-order valence-corrected chi connectivity index (χ4v) is 1.02. The number of carbonyl (C=O) groups is 2. The van der Waals surface area contributed by atoms with Crippen molar-refractivity contribution >= 4 is 18.2 Å². The monoisotopic (exact) mass is 213 g/mol. The van der Waals surface area contributed by atoms with Gasteiger partial charge in [0.2, 0.25) is 0 Å². The van der Waals surface area contributed by atoms with Gasteiger partial charge in [0.1, 0.15) is 5.60 Å². The molecule has 0 spiro atoms. The van der Waals surface area contributed by atoms with E-state index in [4.69, 9.17) is 4.74 Å². The minimum Gasteiger partial charge on any atom is -0.444 e. The van der Waals surface area contributed by atoms with Gasteiger partial charge in [-0.3, -0.25) is 4.79 Å². The quantitative estimate of drug-likeness (QED) is 0.682. The standard InChI is InChI=1S/C9H15N3O3/c1-9(2,3)15-8(14)11-6-5-10-12(4)7(6)13/h5-6H,1-4H3,(H,11,14). The normalized spacial score (nSPS) is 20.7. The second-order valence-corrected chi connectivity index (χ2v) is 4.25. The molecule has 6 nitrogen and oxygen atoms in total. The van der Waals surface area contributed by atoms with Crippen LogP contribution in [0.4, 0.5) is 4.79 Å². The Bertz CT molecular complexity index is 306. The number of hydrogen-bond donors (Lipinski definition) is 1. The predicted octanol–water partition coefficient (Wildman–Crippen LogP) is 0.337. The van der Waals surface area contributed by atoms with Crippen molar-refractivity contribution in [1.82, 2.24) is 10.3 Å². The van der Waals surface area contributed by atoms with Gasteiger partial charge in [-0.05, 0) is 20.8 Å². The molecule has 1 heterocycles. The van der Waals surface area contributed by atoms with Gasteiger partial charge in [-0.25, -0.2) is 9.80 Å². The number of rotatable bonds is 1. The summed E-state index contributed by atoms with van der Waals surface area (Å²) in [7, 11) is 1.52. The molecule has 0 aliphatic carbocycles. The number of likely N-dealkylation sites (N-methyl/N-ethyl adjacent to an activating group) is 1. The van der Waals surface area contributed by atoms with Crippen molar-refractivity contribution in [3.05, 3.63) is 0 Å². The van der Waals surface area contributed by atoms with Crippen molar-refractivity contribution in [3.63, 3.8) is 0 Å². The Kier molecular flexibility index (Phi) is 2.97. The highest BCUT2D eigenvalue weighted by Gasteiger charge is 2.28. The maximum atomic E-state index is 11.3. The Morgan fingerprint density at radius 3 is 2.60 bits per heavy atom. The Morgan fingerprint density at radius 1 is 1.60 bits per heavy atom. The van der Waals surface area contributed by atoms with Crippen LogP contribution in [-0.2, 0) is 9.53 Å². The van der Waals surface area contributed by atoms with Gasteiger partial charge in [-0.15, -0.1) is 0 Å². The van der Waals surface area contributed by atoms with Crippen LogP contribution in [0.15, 0.2) is 5.10 Å². The summed E-state index contributed by atoms with van der Waals surface area (Å²) in [5.74, 6) is -0.277. The second-order valence-electron chi connectivity index (χ2n) is 4.25. The van der Waals surface area contributed by atoms with Gasteiger partial charge in [0.15, 0.2) is 6.04 Å². The molecule has 84 valence electrons. The molecule has 0 fully saturated rings. The third kappa shape index (κ3) is 3.23. The number of alkyl carbamates (subject to hydrolysis) is 1. The van der Waals surface area contributed by atoms with E-state index >= 15 is 0 Å². The number of hydrazone groups is 1. The van der Waals surface area contributed by atoms with Crippen LogP contribution in [0.5, 0.6) is 0 Å². The molecule has 2 amide bonds. The van der Waals surface area contributed by atoms with Gasteiger partial charge in [0.25, 0.3) is 5.91 Å². The van der Waals surface area contributed by atoms with Crippen LogP contribution in [0.3, 0.4) is 0 Å². The Morgan fingerprint density at radius 2 is 2.20 bits per heavy atom. The largest absolute Gasteiger partial charge is 0.444 e. The van der Waals surface area contributed by atoms with Crippen LogP contribution in [0.25, 0.3) is 0 Å². The molecule has 0 saturated heterocycles. The fraction of sp³-hybridized carbons (Fsp3) is 0.667. The van der Waals surface area contributed by atoms with Crippen molar-refractivity contribution in [2.75, 3.05) is 7.05 Å². The number of ether oxygens (including phenoxy) is 1. The van der Waals surface area contributed by atoms with E-state index in [1.807, 2.05) is 0 Å². The zero-order valence-corrected chi connectivity index (χ0v) is 9.27. The predicted molar refractivity (Wildman–Crippen MR) is 54.4 cm³/mol. The Labute approximate surface area is 88.3 Å². The first-order valence-electron chi connectivity index (χ1n) is 4.61. The van der Waals surface area contributed by atoms with Gasteiger partial charge in [-0.1, -0.05) is 0 Å². The van der Waals surface area contributed by atoms with Crippen LogP contribution in [0.2, 0.25) is 0 Å². The Hall–Kier alpha value is -1.59. The van der Waals surface area contributed by atoms with Gasteiger partial charge in [-0.2, -0.15) is 5.10 Å². The summed E-state index contributed by atoms with van der Waals surface area (Å²) in [5, 5.41) is 7.32. The lowest BCUT2D eigenvalue weighted by Gasteiger charge is -2.20. The summed E-state index contributed by atoms with van der Waals surface area (Å²) in [6.45, 7) is 5.26. The number of nitrogens with one attached hydrogen (secondary N) is 1. The van der Waals surface area contributed by atoms with Crippen molar-refractivity contribution in [2.24, 2.45) is 5.10 Å². The molecule has 1 aliphatic heterocycles. The molecule has 0 aromatic carbocycles. The first kappa shape index (κ1) is 11.5. The molecule has 1 N–H and O–H groups in total. The summed E-state index contributed by atoms with van der Waals surface area (Å²) < 4.78 is 5.00. The minimum atomic E-state index is -0.718. The molecular formula is C9H15N3O3. The van der Waals surface area contributed by atoms with Gasteiger partial charge < -0.3 is 10.1 Å². The summed E-state index contributed by atoms with van der Waals surface area (Å²) in [6.07, 6.45) is 0.745. The first-order valence-corrected chi connectivity index (χ1v) is 4.61. The number of amides is 2. The van der Waals surface area contributed by atoms with Crippen molar-refractivity contribution in [2.45, 2.75) is 32.4 Å². The van der Waals surface area contributed by atoms with Crippen LogP contribution in [-0.4, -0.2) is 41.9 Å². The molecule has 0 saturated carbocycles. The lowest BCUT2D eigenvalue weighted by Crippen LogP contribution is -2.44. The van der Waals surface area contributed by atoms with Crippen LogP contribution in [0, 0.1) is 0 Å². The maximum Gasteiger partial charge on any atom is 0.408 e. The molecule has 6 heteroatoms. The smallest absolute Gasteiger partial charge is 0.408 e. The zero-order valence-electron chi connectivity index (χ0n) is 9.27. The van der Waals surface area contributed by atoms with E-state index in [2.05, 4.69) is 10.4 Å². The van der Waals surface area contributed by atoms with E-state index in [1.165, 1.54) is 18.3 Å². The third-order valence-corrected chi connectivity index (χ3v) is 1.65. The molecular weight excluding hydrogens is 198 g/mol. The van der Waals surface area contributed by atoms with E-state index < -0.39 is 17.7 Å². The second kappa shape index (κ2) is 3.88. The molecule has 1 rings (SSSR count). The molecule has 0 aromatic heterocycles. The Balaban J connectivity index is 2.47. The molecule has 0 radical (unpaired) electrons. The van der Waals surface area contributed by atoms with Gasteiger partial charge >= 0.3 is 6.09 Å².